The number of rotatable bonds is 11. The molecule has 0 radical (unpaired) electrons. The molecule has 3 rings (SSSR count). The van der Waals surface area contributed by atoms with E-state index in [0.29, 0.717) is 30.3 Å². The van der Waals surface area contributed by atoms with Crippen LogP contribution in [0.4, 0.5) is 0 Å². The molecule has 4 heteroatoms. The average Bonchev–Trinajstić information content (AvgIpc) is 3.18. The Morgan fingerprint density at radius 1 is 0.806 bits per heavy atom. The zero-order valence-corrected chi connectivity index (χ0v) is 19.9. The van der Waals surface area contributed by atoms with Crippen molar-refractivity contribution in [3.05, 3.63) is 53.6 Å². The third-order valence-corrected chi connectivity index (χ3v) is 5.64. The van der Waals surface area contributed by atoms with Crippen LogP contribution in [0.25, 0.3) is 0 Å². The highest BCUT2D eigenvalue weighted by molar-refractivity contribution is 5.44. The van der Waals surface area contributed by atoms with Crippen LogP contribution in [0.5, 0.6) is 17.2 Å². The van der Waals surface area contributed by atoms with Gasteiger partial charge in [0, 0.05) is 6.42 Å². The minimum absolute atomic E-state index is 0.281. The summed E-state index contributed by atoms with van der Waals surface area (Å²) in [5.74, 6) is 4.76. The normalized spacial score (nSPS) is 15.0. The average molecular weight is 427 g/mol. The molecule has 0 N–H and O–H groups in total. The fraction of sp³-hybridized carbons (Fsp3) is 0.556. The number of benzene rings is 2. The van der Waals surface area contributed by atoms with E-state index in [4.69, 9.17) is 18.9 Å². The second-order valence-corrected chi connectivity index (χ2v) is 9.72. The Morgan fingerprint density at radius 2 is 1.48 bits per heavy atom. The van der Waals surface area contributed by atoms with Gasteiger partial charge in [0.05, 0.1) is 6.61 Å². The van der Waals surface area contributed by atoms with Gasteiger partial charge >= 0.3 is 0 Å². The van der Waals surface area contributed by atoms with Crippen molar-refractivity contribution < 1.29 is 18.9 Å². The van der Waals surface area contributed by atoms with E-state index in [1.807, 2.05) is 18.2 Å². The Labute approximate surface area is 187 Å². The lowest BCUT2D eigenvalue weighted by Gasteiger charge is -2.24. The Bertz CT molecular complexity index is 810. The molecule has 2 aromatic rings. The van der Waals surface area contributed by atoms with E-state index in [2.05, 4.69) is 65.8 Å². The lowest BCUT2D eigenvalue weighted by molar-refractivity contribution is -0.0993. The van der Waals surface area contributed by atoms with E-state index in [1.165, 1.54) is 12.0 Å². The molecule has 0 amide bonds. The van der Waals surface area contributed by atoms with E-state index in [1.54, 1.807) is 0 Å². The van der Waals surface area contributed by atoms with Crippen molar-refractivity contribution in [2.75, 3.05) is 6.79 Å². The van der Waals surface area contributed by atoms with Crippen molar-refractivity contribution in [2.45, 2.75) is 73.2 Å². The van der Waals surface area contributed by atoms with E-state index in [-0.39, 0.29) is 13.1 Å². The minimum Gasteiger partial charge on any atom is -0.465 e. The summed E-state index contributed by atoms with van der Waals surface area (Å²) in [5, 5.41) is 0. The molecule has 1 aliphatic rings. The van der Waals surface area contributed by atoms with Gasteiger partial charge in [-0.2, -0.15) is 0 Å². The molecule has 1 heterocycles. The Hall–Kier alpha value is -2.20. The fourth-order valence-corrected chi connectivity index (χ4v) is 4.00. The molecule has 2 aromatic carbocycles. The second-order valence-electron chi connectivity index (χ2n) is 9.72. The van der Waals surface area contributed by atoms with Gasteiger partial charge in [-0.05, 0) is 65.5 Å². The Balaban J connectivity index is 1.63. The van der Waals surface area contributed by atoms with Crippen LogP contribution < -0.4 is 14.2 Å². The molecule has 0 bridgehead atoms. The van der Waals surface area contributed by atoms with Gasteiger partial charge in [0.25, 0.3) is 0 Å². The number of ether oxygens (including phenoxy) is 4. The van der Waals surface area contributed by atoms with Gasteiger partial charge in [-0.3, -0.25) is 0 Å². The summed E-state index contributed by atoms with van der Waals surface area (Å²) in [6, 6.07) is 14.5. The molecule has 170 valence electrons. The predicted octanol–water partition coefficient (Wildman–Crippen LogP) is 7.17. The van der Waals surface area contributed by atoms with Crippen LogP contribution in [0, 0.1) is 17.8 Å². The van der Waals surface area contributed by atoms with Crippen LogP contribution in [-0.4, -0.2) is 13.1 Å². The third kappa shape index (κ3) is 6.90. The van der Waals surface area contributed by atoms with Crippen LogP contribution in [0.15, 0.2) is 42.5 Å². The zero-order chi connectivity index (χ0) is 22.4. The molecule has 0 spiro atoms. The summed E-state index contributed by atoms with van der Waals surface area (Å²) in [6.45, 7) is 14.3. The van der Waals surface area contributed by atoms with Gasteiger partial charge in [-0.25, -0.2) is 0 Å². The summed E-state index contributed by atoms with van der Waals surface area (Å²) in [5.41, 5.74) is 2.43. The molecule has 31 heavy (non-hydrogen) atoms. The first kappa shape index (κ1) is 23.5. The maximum Gasteiger partial charge on any atom is 0.231 e. The van der Waals surface area contributed by atoms with Gasteiger partial charge in [0.1, 0.15) is 5.75 Å². The predicted molar refractivity (Wildman–Crippen MR) is 125 cm³/mol. The van der Waals surface area contributed by atoms with Crippen molar-refractivity contribution in [1.29, 1.82) is 0 Å². The lowest BCUT2D eigenvalue weighted by atomic mass is 9.82. The molecule has 0 fully saturated rings. The first-order valence-corrected chi connectivity index (χ1v) is 11.6. The van der Waals surface area contributed by atoms with Crippen molar-refractivity contribution in [3.63, 3.8) is 0 Å². The summed E-state index contributed by atoms with van der Waals surface area (Å²) in [4.78, 5) is 0. The van der Waals surface area contributed by atoms with Crippen molar-refractivity contribution >= 4 is 0 Å². The highest BCUT2D eigenvalue weighted by Crippen LogP contribution is 2.34. The molecule has 1 aliphatic heterocycles. The molecular weight excluding hydrogens is 388 g/mol. The van der Waals surface area contributed by atoms with Crippen LogP contribution in [0.1, 0.15) is 71.4 Å². The first-order chi connectivity index (χ1) is 14.8. The molecule has 4 nitrogen and oxygen atoms in total. The molecule has 0 saturated carbocycles. The lowest BCUT2D eigenvalue weighted by Crippen LogP contribution is -2.22. The van der Waals surface area contributed by atoms with Crippen molar-refractivity contribution in [2.24, 2.45) is 17.8 Å². The molecule has 0 aliphatic carbocycles. The van der Waals surface area contributed by atoms with E-state index >= 15 is 0 Å². The summed E-state index contributed by atoms with van der Waals surface area (Å²) < 4.78 is 23.2. The van der Waals surface area contributed by atoms with E-state index in [9.17, 15) is 0 Å². The second kappa shape index (κ2) is 10.9. The van der Waals surface area contributed by atoms with Gasteiger partial charge in [-0.15, -0.1) is 0 Å². The van der Waals surface area contributed by atoms with Crippen LogP contribution in [0.3, 0.4) is 0 Å². The van der Waals surface area contributed by atoms with E-state index < -0.39 is 0 Å². The topological polar surface area (TPSA) is 36.9 Å². The zero-order valence-electron chi connectivity index (χ0n) is 19.9. The van der Waals surface area contributed by atoms with Gasteiger partial charge in [0.15, 0.2) is 17.8 Å². The smallest absolute Gasteiger partial charge is 0.231 e. The third-order valence-electron chi connectivity index (χ3n) is 5.64. The molecule has 0 saturated heterocycles. The Morgan fingerprint density at radius 3 is 2.13 bits per heavy atom. The van der Waals surface area contributed by atoms with Gasteiger partial charge in [-0.1, -0.05) is 59.7 Å². The molecule has 2 unspecified atom stereocenters. The number of hydrogen-bond acceptors (Lipinski definition) is 4. The van der Waals surface area contributed by atoms with Crippen molar-refractivity contribution in [1.82, 2.24) is 0 Å². The first-order valence-electron chi connectivity index (χ1n) is 11.6. The quantitative estimate of drug-likeness (QED) is 0.357. The highest BCUT2D eigenvalue weighted by atomic mass is 16.7. The molecule has 2 atom stereocenters. The van der Waals surface area contributed by atoms with Gasteiger partial charge in [0.2, 0.25) is 6.79 Å². The summed E-state index contributed by atoms with van der Waals surface area (Å²) in [6.07, 6.45) is 1.73. The maximum absolute atomic E-state index is 6.24. The van der Waals surface area contributed by atoms with Crippen LogP contribution in [-0.2, 0) is 11.3 Å². The summed E-state index contributed by atoms with van der Waals surface area (Å²) in [7, 11) is 0. The monoisotopic (exact) mass is 426 g/mol. The summed E-state index contributed by atoms with van der Waals surface area (Å²) >= 11 is 0. The molecule has 0 aromatic heterocycles. The largest absolute Gasteiger partial charge is 0.465 e. The number of fused-ring (bicyclic) bond motifs is 1. The Kier molecular flexibility index (Phi) is 8.25. The standard InChI is InChI=1S/C27H38O4/c1-18(2)13-24(20(5)6)22-8-10-23(11-9-22)31-27(14-19(3)4)28-16-21-7-12-25-26(15-21)30-17-29-25/h7-12,15,18-20,24,27H,13-14,16-17H2,1-6H3. The number of hydrogen-bond donors (Lipinski definition) is 0. The SMILES string of the molecule is CC(C)CC(OCc1ccc2c(c1)OCO2)Oc1ccc(C(CC(C)C)C(C)C)cc1. The van der Waals surface area contributed by atoms with Crippen molar-refractivity contribution in [3.8, 4) is 17.2 Å². The fourth-order valence-electron chi connectivity index (χ4n) is 4.00. The van der Waals surface area contributed by atoms with Gasteiger partial charge < -0.3 is 18.9 Å². The molecular formula is C27H38O4. The minimum atomic E-state index is -0.298. The highest BCUT2D eigenvalue weighted by Gasteiger charge is 2.19. The maximum atomic E-state index is 6.24. The van der Waals surface area contributed by atoms with Crippen LogP contribution in [0.2, 0.25) is 0 Å². The van der Waals surface area contributed by atoms with E-state index in [0.717, 1.165) is 29.2 Å². The van der Waals surface area contributed by atoms with Crippen LogP contribution >= 0.6 is 0 Å².